The maximum absolute atomic E-state index is 13.8. The summed E-state index contributed by atoms with van der Waals surface area (Å²) in [7, 11) is -2.36. The van der Waals surface area contributed by atoms with E-state index in [0.29, 0.717) is 18.1 Å². The van der Waals surface area contributed by atoms with Crippen molar-refractivity contribution in [2.75, 3.05) is 0 Å². The summed E-state index contributed by atoms with van der Waals surface area (Å²) in [4.78, 5) is 0. The summed E-state index contributed by atoms with van der Waals surface area (Å²) < 4.78 is 58.6. The van der Waals surface area contributed by atoms with Gasteiger partial charge >= 0.3 is 12.3 Å². The third-order valence-corrected chi connectivity index (χ3v) is 8.33. The lowest BCUT2D eigenvalue weighted by atomic mass is 9.85. The molecule has 0 bridgehead atoms. The van der Waals surface area contributed by atoms with E-state index in [0.717, 1.165) is 0 Å². The second kappa shape index (κ2) is 6.57. The lowest BCUT2D eigenvalue weighted by Crippen LogP contribution is -2.55. The SMILES string of the molecule is CC[Si](CC)(CC)OC(C(C)(C)C)C(F)(F)C(F)F. The van der Waals surface area contributed by atoms with Crippen molar-refractivity contribution in [2.24, 2.45) is 5.41 Å². The van der Waals surface area contributed by atoms with Crippen LogP contribution in [0.2, 0.25) is 18.1 Å². The van der Waals surface area contributed by atoms with Gasteiger partial charge in [-0.05, 0) is 23.5 Å². The van der Waals surface area contributed by atoms with Crippen LogP contribution in [0.15, 0.2) is 0 Å². The van der Waals surface area contributed by atoms with Crippen molar-refractivity contribution in [3.8, 4) is 0 Å². The van der Waals surface area contributed by atoms with Gasteiger partial charge in [0.1, 0.15) is 6.10 Å². The maximum Gasteiger partial charge on any atom is 0.332 e. The van der Waals surface area contributed by atoms with E-state index < -0.39 is 32.2 Å². The Morgan fingerprint density at radius 3 is 1.53 bits per heavy atom. The molecule has 1 atom stereocenters. The van der Waals surface area contributed by atoms with Gasteiger partial charge in [0.15, 0.2) is 8.32 Å². The van der Waals surface area contributed by atoms with Gasteiger partial charge in [-0.15, -0.1) is 0 Å². The fourth-order valence-corrected chi connectivity index (χ4v) is 5.21. The number of hydrogen-bond acceptors (Lipinski definition) is 1. The predicted molar refractivity (Wildman–Crippen MR) is 72.5 cm³/mol. The highest BCUT2D eigenvalue weighted by molar-refractivity contribution is 6.73. The van der Waals surface area contributed by atoms with E-state index in [1.54, 1.807) is 0 Å². The van der Waals surface area contributed by atoms with Crippen LogP contribution in [0.3, 0.4) is 0 Å². The van der Waals surface area contributed by atoms with Gasteiger partial charge in [-0.2, -0.15) is 8.78 Å². The molecule has 0 aromatic heterocycles. The summed E-state index contributed by atoms with van der Waals surface area (Å²) in [5, 5.41) is 0. The zero-order valence-corrected chi connectivity index (χ0v) is 13.7. The third-order valence-electron chi connectivity index (χ3n) is 3.73. The molecule has 19 heavy (non-hydrogen) atoms. The number of alkyl halides is 4. The number of halogens is 4. The smallest absolute Gasteiger partial charge is 0.332 e. The van der Waals surface area contributed by atoms with E-state index >= 15 is 0 Å². The fraction of sp³-hybridized carbons (Fsp3) is 1.00. The summed E-state index contributed by atoms with van der Waals surface area (Å²) >= 11 is 0. The van der Waals surface area contributed by atoms with Gasteiger partial charge in [0.2, 0.25) is 0 Å². The molecule has 0 fully saturated rings. The molecule has 0 radical (unpaired) electrons. The van der Waals surface area contributed by atoms with Crippen LogP contribution in [0.1, 0.15) is 41.5 Å². The Morgan fingerprint density at radius 2 is 1.32 bits per heavy atom. The summed E-state index contributed by atoms with van der Waals surface area (Å²) in [6.45, 7) is 10.2. The summed E-state index contributed by atoms with van der Waals surface area (Å²) in [5.41, 5.74) is -1.03. The van der Waals surface area contributed by atoms with Gasteiger partial charge < -0.3 is 4.43 Å². The minimum Gasteiger partial charge on any atom is -0.407 e. The number of hydrogen-bond donors (Lipinski definition) is 0. The second-order valence-corrected chi connectivity index (χ2v) is 10.8. The molecule has 0 heterocycles. The van der Waals surface area contributed by atoms with Crippen molar-refractivity contribution in [2.45, 2.75) is 78.1 Å². The molecule has 0 spiro atoms. The first kappa shape index (κ1) is 18.9. The average Bonchev–Trinajstić information content (AvgIpc) is 2.29. The molecule has 0 rings (SSSR count). The maximum atomic E-state index is 13.8. The standard InChI is InChI=1S/C13H26F4OSi/c1-7-19(8-2,9-3)18-10(12(4,5)6)13(16,17)11(14)15/h10-11H,7-9H2,1-6H3. The minimum atomic E-state index is -4.12. The Labute approximate surface area is 114 Å². The molecule has 0 aliphatic rings. The zero-order valence-electron chi connectivity index (χ0n) is 12.7. The van der Waals surface area contributed by atoms with E-state index in [1.165, 1.54) is 20.8 Å². The molecular formula is C13H26F4OSi. The largest absolute Gasteiger partial charge is 0.407 e. The molecule has 0 aromatic carbocycles. The van der Waals surface area contributed by atoms with Gasteiger partial charge in [-0.3, -0.25) is 0 Å². The molecule has 0 amide bonds. The van der Waals surface area contributed by atoms with Crippen molar-refractivity contribution in [1.29, 1.82) is 0 Å². The third kappa shape index (κ3) is 4.45. The predicted octanol–water partition coefficient (Wildman–Crippen LogP) is 5.32. The van der Waals surface area contributed by atoms with E-state index in [9.17, 15) is 17.6 Å². The van der Waals surface area contributed by atoms with Crippen molar-refractivity contribution >= 4 is 8.32 Å². The van der Waals surface area contributed by atoms with Crippen LogP contribution >= 0.6 is 0 Å². The second-order valence-electron chi connectivity index (χ2n) is 6.08. The molecule has 0 aliphatic heterocycles. The van der Waals surface area contributed by atoms with Crippen LogP contribution in [0.25, 0.3) is 0 Å². The van der Waals surface area contributed by atoms with E-state index in [2.05, 4.69) is 0 Å². The van der Waals surface area contributed by atoms with Crippen molar-refractivity contribution in [3.63, 3.8) is 0 Å². The molecular weight excluding hydrogens is 276 g/mol. The first-order valence-corrected chi connectivity index (χ1v) is 9.33. The summed E-state index contributed by atoms with van der Waals surface area (Å²) in [5.74, 6) is -4.12. The normalized spacial score (nSPS) is 15.9. The molecule has 0 saturated carbocycles. The monoisotopic (exact) mass is 302 g/mol. The Bertz CT molecular complexity index is 264. The molecule has 0 aromatic rings. The molecule has 1 unspecified atom stereocenters. The van der Waals surface area contributed by atoms with E-state index in [1.807, 2.05) is 20.8 Å². The number of rotatable bonds is 7. The van der Waals surface area contributed by atoms with Crippen LogP contribution in [0, 0.1) is 5.41 Å². The van der Waals surface area contributed by atoms with Crippen molar-refractivity contribution < 1.29 is 22.0 Å². The Balaban J connectivity index is 5.42. The van der Waals surface area contributed by atoms with Crippen LogP contribution in [0.4, 0.5) is 17.6 Å². The van der Waals surface area contributed by atoms with Crippen LogP contribution in [0.5, 0.6) is 0 Å². The summed E-state index contributed by atoms with van der Waals surface area (Å²) in [6, 6.07) is 1.98. The van der Waals surface area contributed by atoms with Crippen LogP contribution in [-0.4, -0.2) is 26.8 Å². The van der Waals surface area contributed by atoms with Crippen LogP contribution in [-0.2, 0) is 4.43 Å². The highest BCUT2D eigenvalue weighted by atomic mass is 28.4. The Kier molecular flexibility index (Phi) is 6.53. The topological polar surface area (TPSA) is 9.23 Å². The lowest BCUT2D eigenvalue weighted by molar-refractivity contribution is -0.211. The first-order chi connectivity index (χ1) is 8.46. The molecule has 6 heteroatoms. The highest BCUT2D eigenvalue weighted by Gasteiger charge is 2.56. The molecule has 0 N–H and O–H groups in total. The Hall–Kier alpha value is -0.103. The van der Waals surface area contributed by atoms with Gasteiger partial charge in [-0.25, -0.2) is 8.78 Å². The summed E-state index contributed by atoms with van der Waals surface area (Å²) in [6.07, 6.45) is -5.44. The lowest BCUT2D eigenvalue weighted by Gasteiger charge is -2.42. The van der Waals surface area contributed by atoms with Gasteiger partial charge in [0.25, 0.3) is 0 Å². The Morgan fingerprint density at radius 1 is 0.947 bits per heavy atom. The van der Waals surface area contributed by atoms with Gasteiger partial charge in [0.05, 0.1) is 0 Å². The first-order valence-electron chi connectivity index (χ1n) is 6.80. The quantitative estimate of drug-likeness (QED) is 0.456. The van der Waals surface area contributed by atoms with Crippen molar-refractivity contribution in [1.82, 2.24) is 0 Å². The molecule has 0 saturated heterocycles. The van der Waals surface area contributed by atoms with E-state index in [4.69, 9.17) is 4.43 Å². The molecule has 116 valence electrons. The van der Waals surface area contributed by atoms with Crippen molar-refractivity contribution in [3.05, 3.63) is 0 Å². The minimum absolute atomic E-state index is 0.659. The zero-order chi connectivity index (χ0) is 15.5. The highest BCUT2D eigenvalue weighted by Crippen LogP contribution is 2.41. The van der Waals surface area contributed by atoms with Crippen LogP contribution < -0.4 is 0 Å². The fourth-order valence-electron chi connectivity index (χ4n) is 2.20. The van der Waals surface area contributed by atoms with E-state index in [-0.39, 0.29) is 0 Å². The van der Waals surface area contributed by atoms with Gasteiger partial charge in [-0.1, -0.05) is 41.5 Å². The molecule has 0 aliphatic carbocycles. The van der Waals surface area contributed by atoms with Gasteiger partial charge in [0, 0.05) is 0 Å². The molecule has 1 nitrogen and oxygen atoms in total. The average molecular weight is 302 g/mol.